The number of rotatable bonds is 3. The molecule has 0 aliphatic carbocycles. The number of aromatic nitrogens is 1. The van der Waals surface area contributed by atoms with E-state index in [-0.39, 0.29) is 17.6 Å². The van der Waals surface area contributed by atoms with Crippen LogP contribution in [0.1, 0.15) is 33.6 Å². The Kier molecular flexibility index (Phi) is 5.67. The van der Waals surface area contributed by atoms with E-state index in [9.17, 15) is 14.0 Å². The van der Waals surface area contributed by atoms with E-state index in [4.69, 9.17) is 9.47 Å². The predicted octanol–water partition coefficient (Wildman–Crippen LogP) is 2.38. The van der Waals surface area contributed by atoms with Crippen LogP contribution in [0.2, 0.25) is 0 Å². The molecule has 3 heterocycles. The summed E-state index contributed by atoms with van der Waals surface area (Å²) in [5.41, 5.74) is 0.528. The van der Waals surface area contributed by atoms with E-state index in [0.717, 1.165) is 0 Å². The fraction of sp³-hybridized carbons (Fsp3) is 0.409. The summed E-state index contributed by atoms with van der Waals surface area (Å²) >= 11 is 0. The maximum atomic E-state index is 13.2. The minimum Gasteiger partial charge on any atom is -0.481 e. The number of amides is 2. The van der Waals surface area contributed by atoms with E-state index in [1.54, 1.807) is 21.9 Å². The number of benzene rings is 1. The van der Waals surface area contributed by atoms with Gasteiger partial charge in [0.1, 0.15) is 5.82 Å². The number of morpholine rings is 1. The van der Waals surface area contributed by atoms with Gasteiger partial charge in [0.25, 0.3) is 11.8 Å². The van der Waals surface area contributed by atoms with E-state index < -0.39 is 5.60 Å². The van der Waals surface area contributed by atoms with Crippen molar-refractivity contribution in [1.29, 1.82) is 0 Å². The number of nitrogens with zero attached hydrogens (tertiary/aromatic N) is 3. The van der Waals surface area contributed by atoms with Crippen molar-refractivity contribution in [1.82, 2.24) is 14.8 Å². The lowest BCUT2D eigenvalue weighted by Gasteiger charge is -2.47. The minimum absolute atomic E-state index is 0.0740. The fourth-order valence-corrected chi connectivity index (χ4v) is 4.02. The van der Waals surface area contributed by atoms with Crippen LogP contribution in [0.3, 0.4) is 0 Å². The number of halogens is 1. The number of carbonyl (C=O) groups is 2. The number of hydrogen-bond acceptors (Lipinski definition) is 5. The lowest BCUT2D eigenvalue weighted by molar-refractivity contribution is -0.123. The monoisotopic (exact) mass is 413 g/mol. The first-order valence-electron chi connectivity index (χ1n) is 9.98. The number of hydrogen-bond donors (Lipinski definition) is 0. The highest BCUT2D eigenvalue weighted by Gasteiger charge is 2.42. The molecule has 0 N–H and O–H groups in total. The Hall–Kier alpha value is -3.00. The summed E-state index contributed by atoms with van der Waals surface area (Å²) in [6.45, 7) is 2.50. The summed E-state index contributed by atoms with van der Waals surface area (Å²) < 4.78 is 24.3. The summed E-state index contributed by atoms with van der Waals surface area (Å²) in [5, 5.41) is 0. The molecule has 2 aliphatic heterocycles. The Morgan fingerprint density at radius 2 is 1.67 bits per heavy atom. The first-order chi connectivity index (χ1) is 14.5. The second-order valence-electron chi connectivity index (χ2n) is 7.65. The van der Waals surface area contributed by atoms with Crippen molar-refractivity contribution in [3.05, 3.63) is 59.5 Å². The van der Waals surface area contributed by atoms with Gasteiger partial charge in [-0.1, -0.05) is 0 Å². The van der Waals surface area contributed by atoms with Gasteiger partial charge < -0.3 is 19.3 Å². The van der Waals surface area contributed by atoms with Gasteiger partial charge in [-0.05, 0) is 43.2 Å². The van der Waals surface area contributed by atoms with Crippen LogP contribution >= 0.6 is 0 Å². The third-order valence-electron chi connectivity index (χ3n) is 5.78. The molecule has 2 saturated heterocycles. The summed E-state index contributed by atoms with van der Waals surface area (Å²) in [4.78, 5) is 33.2. The van der Waals surface area contributed by atoms with E-state index in [1.807, 2.05) is 0 Å². The standard InChI is InChI=1S/C22H24FN3O4/c1-29-19-7-4-17(14-24-19)21(28)25-10-8-22(9-11-25)15-26(12-13-30-22)20(27)16-2-5-18(23)6-3-16/h2-7,14H,8-13,15H2,1H3. The van der Waals surface area contributed by atoms with E-state index in [0.29, 0.717) is 62.6 Å². The molecule has 0 saturated carbocycles. The van der Waals surface area contributed by atoms with E-state index >= 15 is 0 Å². The van der Waals surface area contributed by atoms with Crippen molar-refractivity contribution >= 4 is 11.8 Å². The first-order valence-corrected chi connectivity index (χ1v) is 9.98. The zero-order valence-electron chi connectivity index (χ0n) is 16.8. The molecule has 0 unspecified atom stereocenters. The zero-order chi connectivity index (χ0) is 21.1. The van der Waals surface area contributed by atoms with Gasteiger partial charge >= 0.3 is 0 Å². The first kappa shape index (κ1) is 20.3. The summed E-state index contributed by atoms with van der Waals surface area (Å²) in [6, 6.07) is 8.97. The number of carbonyl (C=O) groups excluding carboxylic acids is 2. The highest BCUT2D eigenvalue weighted by molar-refractivity contribution is 5.94. The average molecular weight is 413 g/mol. The van der Waals surface area contributed by atoms with Crippen LogP contribution in [0.5, 0.6) is 5.88 Å². The Balaban J connectivity index is 1.38. The topological polar surface area (TPSA) is 72.0 Å². The number of pyridine rings is 1. The van der Waals surface area contributed by atoms with Gasteiger partial charge in [0.05, 0.1) is 31.4 Å². The third kappa shape index (κ3) is 4.14. The molecule has 1 aromatic heterocycles. The molecule has 7 nitrogen and oxygen atoms in total. The summed E-state index contributed by atoms with van der Waals surface area (Å²) in [7, 11) is 1.53. The molecule has 1 aromatic carbocycles. The van der Waals surface area contributed by atoms with Crippen molar-refractivity contribution in [3.8, 4) is 5.88 Å². The number of piperidine rings is 1. The van der Waals surface area contributed by atoms with Crippen molar-refractivity contribution in [3.63, 3.8) is 0 Å². The van der Waals surface area contributed by atoms with Gasteiger partial charge in [0.2, 0.25) is 5.88 Å². The molecule has 2 aliphatic rings. The molecule has 2 amide bonds. The third-order valence-corrected chi connectivity index (χ3v) is 5.78. The fourth-order valence-electron chi connectivity index (χ4n) is 4.02. The van der Waals surface area contributed by atoms with Crippen LogP contribution in [-0.2, 0) is 4.74 Å². The molecule has 30 heavy (non-hydrogen) atoms. The van der Waals surface area contributed by atoms with Crippen molar-refractivity contribution < 1.29 is 23.5 Å². The Bertz CT molecular complexity index is 909. The number of methoxy groups -OCH3 is 1. The quantitative estimate of drug-likeness (QED) is 0.773. The van der Waals surface area contributed by atoms with E-state index in [1.165, 1.54) is 37.6 Å². The van der Waals surface area contributed by atoms with Gasteiger partial charge in [0.15, 0.2) is 0 Å². The SMILES string of the molecule is COc1ccc(C(=O)N2CCC3(CC2)CN(C(=O)c2ccc(F)cc2)CCO3)cn1. The zero-order valence-corrected chi connectivity index (χ0v) is 16.8. The second kappa shape index (κ2) is 8.39. The van der Waals surface area contributed by atoms with Crippen molar-refractivity contribution in [2.24, 2.45) is 0 Å². The van der Waals surface area contributed by atoms with Gasteiger partial charge in [-0.25, -0.2) is 9.37 Å². The van der Waals surface area contributed by atoms with Crippen LogP contribution < -0.4 is 4.74 Å². The molecule has 4 rings (SSSR count). The van der Waals surface area contributed by atoms with Gasteiger partial charge in [0, 0.05) is 37.5 Å². The molecule has 0 bridgehead atoms. The highest BCUT2D eigenvalue weighted by atomic mass is 19.1. The van der Waals surface area contributed by atoms with Crippen molar-refractivity contribution in [2.75, 3.05) is 39.9 Å². The molecule has 1 spiro atoms. The molecule has 0 radical (unpaired) electrons. The maximum absolute atomic E-state index is 13.2. The number of ether oxygens (including phenoxy) is 2. The molecule has 158 valence electrons. The predicted molar refractivity (Wildman–Crippen MR) is 107 cm³/mol. The Morgan fingerprint density at radius 3 is 2.30 bits per heavy atom. The highest BCUT2D eigenvalue weighted by Crippen LogP contribution is 2.31. The van der Waals surface area contributed by atoms with Crippen LogP contribution in [0.15, 0.2) is 42.6 Å². The van der Waals surface area contributed by atoms with Gasteiger partial charge in [-0.3, -0.25) is 9.59 Å². The lowest BCUT2D eigenvalue weighted by atomic mass is 9.88. The van der Waals surface area contributed by atoms with Crippen LogP contribution in [-0.4, -0.2) is 72.1 Å². The average Bonchev–Trinajstić information content (AvgIpc) is 2.79. The summed E-state index contributed by atoms with van der Waals surface area (Å²) in [5.74, 6) is -0.102. The summed E-state index contributed by atoms with van der Waals surface area (Å²) in [6.07, 6.45) is 2.82. The molecule has 2 aromatic rings. The second-order valence-corrected chi connectivity index (χ2v) is 7.65. The van der Waals surface area contributed by atoms with Crippen LogP contribution in [0.4, 0.5) is 4.39 Å². The lowest BCUT2D eigenvalue weighted by Crippen LogP contribution is -2.58. The van der Waals surface area contributed by atoms with Crippen LogP contribution in [0.25, 0.3) is 0 Å². The number of likely N-dealkylation sites (tertiary alicyclic amines) is 1. The maximum Gasteiger partial charge on any atom is 0.255 e. The van der Waals surface area contributed by atoms with E-state index in [2.05, 4.69) is 4.98 Å². The van der Waals surface area contributed by atoms with Gasteiger partial charge in [-0.15, -0.1) is 0 Å². The van der Waals surface area contributed by atoms with Crippen molar-refractivity contribution in [2.45, 2.75) is 18.4 Å². The normalized spacial score (nSPS) is 18.3. The minimum atomic E-state index is -0.455. The largest absolute Gasteiger partial charge is 0.481 e. The molecule has 8 heteroatoms. The van der Waals surface area contributed by atoms with Gasteiger partial charge in [-0.2, -0.15) is 0 Å². The molecule has 2 fully saturated rings. The Morgan fingerprint density at radius 1 is 1.00 bits per heavy atom. The molecular weight excluding hydrogens is 389 g/mol. The molecule has 0 atom stereocenters. The smallest absolute Gasteiger partial charge is 0.255 e. The Labute approximate surface area is 174 Å². The van der Waals surface area contributed by atoms with Crippen LogP contribution in [0, 0.1) is 5.82 Å². The molecular formula is C22H24FN3O4.